The van der Waals surface area contributed by atoms with Crippen LogP contribution in [-0.2, 0) is 11.2 Å². The fraction of sp³-hybridized carbons (Fsp3) is 0.250. The number of amides is 1. The molecule has 1 aromatic heterocycles. The van der Waals surface area contributed by atoms with Gasteiger partial charge >= 0.3 is 6.18 Å². The molecule has 0 saturated heterocycles. The summed E-state index contributed by atoms with van der Waals surface area (Å²) in [6.07, 6.45) is -5.42. The van der Waals surface area contributed by atoms with Gasteiger partial charge in [0.1, 0.15) is 23.5 Å². The highest BCUT2D eigenvalue weighted by Gasteiger charge is 2.40. The van der Waals surface area contributed by atoms with E-state index in [-0.39, 0.29) is 28.6 Å². The number of nitrogens with one attached hydrogen (secondary N) is 2. The van der Waals surface area contributed by atoms with Gasteiger partial charge in [-0.1, -0.05) is 0 Å². The molecule has 1 heterocycles. The Balaban J connectivity index is 1.94. The first-order chi connectivity index (χ1) is 14.1. The Labute approximate surface area is 166 Å². The third-order valence-corrected chi connectivity index (χ3v) is 4.58. The zero-order chi connectivity index (χ0) is 22.1. The van der Waals surface area contributed by atoms with Crippen LogP contribution in [0.25, 0.3) is 22.2 Å². The number of hydrogen-bond donors (Lipinski definition) is 3. The summed E-state index contributed by atoms with van der Waals surface area (Å²) >= 11 is 0. The molecule has 1 atom stereocenters. The fourth-order valence-electron chi connectivity index (χ4n) is 3.13. The van der Waals surface area contributed by atoms with Crippen LogP contribution >= 0.6 is 0 Å². The first-order valence-electron chi connectivity index (χ1n) is 8.82. The van der Waals surface area contributed by atoms with Gasteiger partial charge in [0.25, 0.3) is 0 Å². The number of aromatic amines is 1. The molecule has 0 saturated carbocycles. The van der Waals surface area contributed by atoms with Crippen LogP contribution < -0.4 is 5.32 Å². The van der Waals surface area contributed by atoms with Crippen LogP contribution in [0.15, 0.2) is 36.4 Å². The predicted octanol–water partition coefficient (Wildman–Crippen LogP) is 4.22. The van der Waals surface area contributed by atoms with Gasteiger partial charge in [0.2, 0.25) is 5.91 Å². The summed E-state index contributed by atoms with van der Waals surface area (Å²) in [7, 11) is 0. The molecule has 3 aromatic rings. The molecule has 1 amide bonds. The zero-order valence-electron chi connectivity index (χ0n) is 15.3. The zero-order valence-corrected chi connectivity index (χ0v) is 15.3. The molecule has 0 spiro atoms. The molecular formula is C20H16F6N2O2. The minimum atomic E-state index is -4.82. The molecule has 3 N–H and O–H groups in total. The van der Waals surface area contributed by atoms with Crippen molar-refractivity contribution < 1.29 is 36.2 Å². The molecular weight excluding hydrogens is 414 g/mol. The molecule has 0 aliphatic carbocycles. The van der Waals surface area contributed by atoms with Crippen molar-refractivity contribution in [3.05, 3.63) is 59.4 Å². The van der Waals surface area contributed by atoms with Crippen molar-refractivity contribution in [3.8, 4) is 11.3 Å². The molecule has 0 bridgehead atoms. The summed E-state index contributed by atoms with van der Waals surface area (Å²) < 4.78 is 79.4. The number of carbonyl (C=O) groups is 1. The number of hydrogen-bond acceptors (Lipinski definition) is 2. The summed E-state index contributed by atoms with van der Waals surface area (Å²) in [5.74, 6) is -3.27. The Morgan fingerprint density at radius 1 is 1.07 bits per heavy atom. The highest BCUT2D eigenvalue weighted by Crippen LogP contribution is 2.33. The second-order valence-electron chi connectivity index (χ2n) is 6.64. The van der Waals surface area contributed by atoms with Crippen LogP contribution in [-0.4, -0.2) is 34.8 Å². The Hall–Kier alpha value is -3.01. The van der Waals surface area contributed by atoms with E-state index in [2.05, 4.69) is 4.98 Å². The van der Waals surface area contributed by atoms with E-state index in [0.29, 0.717) is 11.6 Å². The molecule has 2 aromatic carbocycles. The van der Waals surface area contributed by atoms with Gasteiger partial charge in [-0.2, -0.15) is 13.2 Å². The van der Waals surface area contributed by atoms with Gasteiger partial charge in [-0.15, -0.1) is 0 Å². The predicted molar refractivity (Wildman–Crippen MR) is 97.0 cm³/mol. The molecule has 0 aliphatic heterocycles. The van der Waals surface area contributed by atoms with E-state index in [9.17, 15) is 31.1 Å². The number of benzene rings is 2. The Kier molecular flexibility index (Phi) is 6.06. The number of aryl methyl sites for hydroxylation is 1. The summed E-state index contributed by atoms with van der Waals surface area (Å²) in [6, 6.07) is 4.39. The lowest BCUT2D eigenvalue weighted by Gasteiger charge is -2.19. The minimum absolute atomic E-state index is 0.0466. The number of aliphatic hydroxyl groups excluding tert-OH is 1. The van der Waals surface area contributed by atoms with Crippen LogP contribution in [0.4, 0.5) is 26.3 Å². The molecule has 4 nitrogen and oxygen atoms in total. The van der Waals surface area contributed by atoms with Gasteiger partial charge < -0.3 is 15.4 Å². The summed E-state index contributed by atoms with van der Waals surface area (Å²) in [5, 5.41) is 10.6. The lowest BCUT2D eigenvalue weighted by molar-refractivity contribution is -0.168. The van der Waals surface area contributed by atoms with Gasteiger partial charge in [0.15, 0.2) is 0 Å². The highest BCUT2D eigenvalue weighted by atomic mass is 19.4. The van der Waals surface area contributed by atoms with Crippen molar-refractivity contribution in [2.24, 2.45) is 0 Å². The number of carbonyl (C=O) groups excluding carboxylic acids is 1. The van der Waals surface area contributed by atoms with Crippen LogP contribution in [0.5, 0.6) is 0 Å². The normalized spacial score (nSPS) is 12.9. The van der Waals surface area contributed by atoms with Gasteiger partial charge in [-0.05, 0) is 47.9 Å². The average molecular weight is 430 g/mol. The smallest absolute Gasteiger partial charge is 0.394 e. The van der Waals surface area contributed by atoms with Crippen LogP contribution in [0.3, 0.4) is 0 Å². The molecule has 10 heteroatoms. The number of alkyl halides is 3. The average Bonchev–Trinajstić information content (AvgIpc) is 3.02. The maximum absolute atomic E-state index is 14.2. The largest absolute Gasteiger partial charge is 0.410 e. The van der Waals surface area contributed by atoms with E-state index >= 15 is 0 Å². The molecule has 0 radical (unpaired) electrons. The number of rotatable bonds is 6. The number of H-pyrrole nitrogens is 1. The molecule has 160 valence electrons. The Morgan fingerprint density at radius 3 is 2.33 bits per heavy atom. The second kappa shape index (κ2) is 8.39. The van der Waals surface area contributed by atoms with Crippen LogP contribution in [0, 0.1) is 17.5 Å². The number of halogens is 6. The van der Waals surface area contributed by atoms with E-state index in [4.69, 9.17) is 5.11 Å². The Morgan fingerprint density at radius 2 is 1.73 bits per heavy atom. The first kappa shape index (κ1) is 21.7. The van der Waals surface area contributed by atoms with Crippen molar-refractivity contribution in [2.75, 3.05) is 6.61 Å². The lowest BCUT2D eigenvalue weighted by Crippen LogP contribution is -2.47. The molecule has 30 heavy (non-hydrogen) atoms. The molecule has 0 unspecified atom stereocenters. The van der Waals surface area contributed by atoms with Crippen molar-refractivity contribution in [1.82, 2.24) is 10.3 Å². The SMILES string of the molecule is O=C(CCc1c(-c2ccc(F)cc2)[nH]c2c(F)cc(F)cc12)N[C@H](CO)C(F)(F)F. The van der Waals surface area contributed by atoms with Crippen LogP contribution in [0.1, 0.15) is 12.0 Å². The topological polar surface area (TPSA) is 65.1 Å². The van der Waals surface area contributed by atoms with Crippen molar-refractivity contribution >= 4 is 16.8 Å². The summed E-state index contributed by atoms with van der Waals surface area (Å²) in [4.78, 5) is 14.8. The van der Waals surface area contributed by atoms with E-state index in [1.165, 1.54) is 12.1 Å². The van der Waals surface area contributed by atoms with E-state index in [1.54, 1.807) is 5.32 Å². The first-order valence-corrected chi connectivity index (χ1v) is 8.82. The third kappa shape index (κ3) is 4.59. The standard InChI is InChI=1S/C20H16F6N2O2/c21-11-3-1-10(2-4-11)18-13(14-7-12(22)8-15(23)19(14)28-18)5-6-17(30)27-16(9-29)20(24,25)26/h1-4,7-8,16,28-29H,5-6,9H2,(H,27,30)/t16-/m1/s1. The number of fused-ring (bicyclic) bond motifs is 1. The van der Waals surface area contributed by atoms with E-state index in [1.807, 2.05) is 0 Å². The van der Waals surface area contributed by atoms with Gasteiger partial charge in [0, 0.05) is 23.6 Å². The minimum Gasteiger partial charge on any atom is -0.394 e. The molecule has 0 aliphatic rings. The fourth-order valence-corrected chi connectivity index (χ4v) is 3.13. The summed E-state index contributed by atoms with van der Waals surface area (Å²) in [5.41, 5.74) is 0.954. The molecule has 3 rings (SSSR count). The van der Waals surface area contributed by atoms with Gasteiger partial charge in [-0.25, -0.2) is 13.2 Å². The lowest BCUT2D eigenvalue weighted by atomic mass is 10.0. The third-order valence-electron chi connectivity index (χ3n) is 4.58. The summed E-state index contributed by atoms with van der Waals surface area (Å²) in [6.45, 7) is -1.32. The number of aliphatic hydroxyl groups is 1. The van der Waals surface area contributed by atoms with Crippen molar-refractivity contribution in [2.45, 2.75) is 25.1 Å². The Bertz CT molecular complexity index is 1060. The maximum atomic E-state index is 14.2. The monoisotopic (exact) mass is 430 g/mol. The van der Waals surface area contributed by atoms with Gasteiger partial charge in [0.05, 0.1) is 12.1 Å². The maximum Gasteiger partial charge on any atom is 0.410 e. The van der Waals surface area contributed by atoms with E-state index < -0.39 is 48.6 Å². The van der Waals surface area contributed by atoms with Crippen LogP contribution in [0.2, 0.25) is 0 Å². The quantitative estimate of drug-likeness (QED) is 0.513. The van der Waals surface area contributed by atoms with Crippen molar-refractivity contribution in [3.63, 3.8) is 0 Å². The second-order valence-corrected chi connectivity index (χ2v) is 6.64. The van der Waals surface area contributed by atoms with Crippen molar-refractivity contribution in [1.29, 1.82) is 0 Å². The number of aromatic nitrogens is 1. The molecule has 0 fully saturated rings. The van der Waals surface area contributed by atoms with E-state index in [0.717, 1.165) is 18.2 Å². The highest BCUT2D eigenvalue weighted by molar-refractivity contribution is 5.92. The van der Waals surface area contributed by atoms with Gasteiger partial charge in [-0.3, -0.25) is 4.79 Å².